The number of nitrogens with zero attached hydrogens (tertiary/aromatic N) is 3. The zero-order valence-corrected chi connectivity index (χ0v) is 10.6. The number of hydrogen-bond acceptors (Lipinski definition) is 5. The number of anilines is 1. The summed E-state index contributed by atoms with van der Waals surface area (Å²) in [6.07, 6.45) is 3.27. The first-order valence-corrected chi connectivity index (χ1v) is 5.89. The minimum atomic E-state index is 0.595. The van der Waals surface area contributed by atoms with Crippen LogP contribution in [0.3, 0.4) is 0 Å². The maximum atomic E-state index is 5.42. The van der Waals surface area contributed by atoms with Crippen molar-refractivity contribution in [3.8, 4) is 5.88 Å². The summed E-state index contributed by atoms with van der Waals surface area (Å²) < 4.78 is 5.42. The highest BCUT2D eigenvalue weighted by molar-refractivity contribution is 5.47. The van der Waals surface area contributed by atoms with E-state index < -0.39 is 0 Å². The van der Waals surface area contributed by atoms with E-state index in [9.17, 15) is 0 Å². The van der Waals surface area contributed by atoms with E-state index in [-0.39, 0.29) is 0 Å². The van der Waals surface area contributed by atoms with Crippen LogP contribution in [0.5, 0.6) is 5.88 Å². The molecular weight excluding hydrogens is 228 g/mol. The topological polar surface area (TPSA) is 59.9 Å². The summed E-state index contributed by atoms with van der Waals surface area (Å²) in [7, 11) is 0. The molecule has 94 valence electrons. The van der Waals surface area contributed by atoms with E-state index in [4.69, 9.17) is 4.74 Å². The lowest BCUT2D eigenvalue weighted by Gasteiger charge is -2.10. The van der Waals surface area contributed by atoms with E-state index in [1.807, 2.05) is 32.0 Å². The molecule has 0 amide bonds. The third-order valence-electron chi connectivity index (χ3n) is 2.48. The molecule has 5 heteroatoms. The first-order chi connectivity index (χ1) is 8.81. The van der Waals surface area contributed by atoms with Crippen molar-refractivity contribution in [2.24, 2.45) is 0 Å². The van der Waals surface area contributed by atoms with Gasteiger partial charge in [0.1, 0.15) is 12.1 Å². The number of rotatable bonds is 5. The second-order valence-electron chi connectivity index (χ2n) is 3.76. The number of hydrogen-bond donors (Lipinski definition) is 1. The Hall–Kier alpha value is -2.17. The Morgan fingerprint density at radius 3 is 2.83 bits per heavy atom. The van der Waals surface area contributed by atoms with Crippen molar-refractivity contribution in [1.29, 1.82) is 0 Å². The molecule has 0 spiro atoms. The lowest BCUT2D eigenvalue weighted by atomic mass is 10.3. The molecule has 0 saturated heterocycles. The van der Waals surface area contributed by atoms with Crippen LogP contribution in [-0.2, 0) is 6.54 Å². The van der Waals surface area contributed by atoms with Crippen LogP contribution in [0.1, 0.15) is 18.2 Å². The molecule has 0 aliphatic carbocycles. The van der Waals surface area contributed by atoms with Gasteiger partial charge < -0.3 is 10.1 Å². The number of pyridine rings is 1. The minimum Gasteiger partial charge on any atom is -0.478 e. The molecule has 18 heavy (non-hydrogen) atoms. The Morgan fingerprint density at radius 2 is 2.11 bits per heavy atom. The van der Waals surface area contributed by atoms with E-state index in [1.165, 1.54) is 6.33 Å². The van der Waals surface area contributed by atoms with Gasteiger partial charge in [-0.15, -0.1) is 0 Å². The van der Waals surface area contributed by atoms with Crippen molar-refractivity contribution < 1.29 is 4.74 Å². The largest absolute Gasteiger partial charge is 0.478 e. The molecule has 2 aromatic heterocycles. The number of ether oxygens (including phenoxy) is 1. The van der Waals surface area contributed by atoms with Gasteiger partial charge in [-0.25, -0.2) is 9.97 Å². The molecule has 0 fully saturated rings. The van der Waals surface area contributed by atoms with Crippen LogP contribution >= 0.6 is 0 Å². The van der Waals surface area contributed by atoms with Gasteiger partial charge in [-0.1, -0.05) is 6.07 Å². The summed E-state index contributed by atoms with van der Waals surface area (Å²) in [5, 5.41) is 3.23. The minimum absolute atomic E-state index is 0.595. The molecule has 0 saturated carbocycles. The van der Waals surface area contributed by atoms with Gasteiger partial charge in [-0.2, -0.15) is 0 Å². The van der Waals surface area contributed by atoms with Crippen LogP contribution in [0.4, 0.5) is 5.82 Å². The van der Waals surface area contributed by atoms with Crippen molar-refractivity contribution in [1.82, 2.24) is 15.0 Å². The van der Waals surface area contributed by atoms with Gasteiger partial charge in [0.25, 0.3) is 0 Å². The van der Waals surface area contributed by atoms with Crippen LogP contribution in [-0.4, -0.2) is 21.6 Å². The van der Waals surface area contributed by atoms with E-state index in [0.29, 0.717) is 19.0 Å². The van der Waals surface area contributed by atoms with Gasteiger partial charge in [0.05, 0.1) is 24.4 Å². The molecule has 5 nitrogen and oxygen atoms in total. The molecule has 0 aliphatic rings. The van der Waals surface area contributed by atoms with Gasteiger partial charge in [0, 0.05) is 6.20 Å². The predicted molar refractivity (Wildman–Crippen MR) is 69.5 cm³/mol. The third kappa shape index (κ3) is 2.94. The first kappa shape index (κ1) is 12.3. The number of nitrogens with one attached hydrogen (secondary N) is 1. The third-order valence-corrected chi connectivity index (χ3v) is 2.48. The Balaban J connectivity index is 2.08. The van der Waals surface area contributed by atoms with Crippen molar-refractivity contribution >= 4 is 5.82 Å². The normalized spacial score (nSPS) is 10.1. The second kappa shape index (κ2) is 5.95. The van der Waals surface area contributed by atoms with Crippen molar-refractivity contribution in [2.45, 2.75) is 20.4 Å². The van der Waals surface area contributed by atoms with E-state index in [0.717, 1.165) is 17.1 Å². The predicted octanol–water partition coefficient (Wildman–Crippen LogP) is 2.19. The lowest BCUT2D eigenvalue weighted by Crippen LogP contribution is -2.07. The summed E-state index contributed by atoms with van der Waals surface area (Å²) in [4.78, 5) is 12.5. The fourth-order valence-electron chi connectivity index (χ4n) is 1.57. The summed E-state index contributed by atoms with van der Waals surface area (Å²) in [6, 6.07) is 5.82. The van der Waals surface area contributed by atoms with E-state index >= 15 is 0 Å². The SMILES string of the molecule is CCOc1ncnc(NCc2ccccn2)c1C. The van der Waals surface area contributed by atoms with Gasteiger partial charge in [-0.05, 0) is 26.0 Å². The maximum absolute atomic E-state index is 5.42. The first-order valence-electron chi connectivity index (χ1n) is 5.89. The molecule has 0 aliphatic heterocycles. The van der Waals surface area contributed by atoms with Gasteiger partial charge >= 0.3 is 0 Å². The number of aromatic nitrogens is 3. The highest BCUT2D eigenvalue weighted by Gasteiger charge is 2.07. The second-order valence-corrected chi connectivity index (χ2v) is 3.76. The van der Waals surface area contributed by atoms with Crippen molar-refractivity contribution in [2.75, 3.05) is 11.9 Å². The zero-order valence-electron chi connectivity index (χ0n) is 10.6. The molecule has 0 bridgehead atoms. The monoisotopic (exact) mass is 244 g/mol. The summed E-state index contributed by atoms with van der Waals surface area (Å²) >= 11 is 0. The molecule has 2 heterocycles. The lowest BCUT2D eigenvalue weighted by molar-refractivity contribution is 0.324. The van der Waals surface area contributed by atoms with Gasteiger partial charge in [-0.3, -0.25) is 4.98 Å². The fraction of sp³-hybridized carbons (Fsp3) is 0.308. The highest BCUT2D eigenvalue weighted by Crippen LogP contribution is 2.20. The van der Waals surface area contributed by atoms with Crippen LogP contribution < -0.4 is 10.1 Å². The zero-order chi connectivity index (χ0) is 12.8. The van der Waals surface area contributed by atoms with Crippen LogP contribution in [0.2, 0.25) is 0 Å². The summed E-state index contributed by atoms with van der Waals surface area (Å²) in [5.41, 5.74) is 1.88. The van der Waals surface area contributed by atoms with Crippen molar-refractivity contribution in [3.05, 3.63) is 42.0 Å². The van der Waals surface area contributed by atoms with Crippen LogP contribution in [0, 0.1) is 6.92 Å². The fourth-order valence-corrected chi connectivity index (χ4v) is 1.57. The van der Waals surface area contributed by atoms with Crippen LogP contribution in [0.15, 0.2) is 30.7 Å². The van der Waals surface area contributed by atoms with Gasteiger partial charge in [0.15, 0.2) is 0 Å². The molecule has 0 atom stereocenters. The van der Waals surface area contributed by atoms with E-state index in [1.54, 1.807) is 6.20 Å². The van der Waals surface area contributed by atoms with Gasteiger partial charge in [0.2, 0.25) is 5.88 Å². The molecule has 1 N–H and O–H groups in total. The Bertz CT molecular complexity index is 502. The van der Waals surface area contributed by atoms with E-state index in [2.05, 4.69) is 20.3 Å². The maximum Gasteiger partial charge on any atom is 0.221 e. The highest BCUT2D eigenvalue weighted by atomic mass is 16.5. The molecule has 2 rings (SSSR count). The van der Waals surface area contributed by atoms with Crippen LogP contribution in [0.25, 0.3) is 0 Å². The smallest absolute Gasteiger partial charge is 0.221 e. The Kier molecular flexibility index (Phi) is 4.06. The average molecular weight is 244 g/mol. The molecule has 0 unspecified atom stereocenters. The average Bonchev–Trinajstić information content (AvgIpc) is 2.41. The Morgan fingerprint density at radius 1 is 1.22 bits per heavy atom. The molecular formula is C13H16N4O. The standard InChI is InChI=1S/C13H16N4O/c1-3-18-13-10(2)12(16-9-17-13)15-8-11-6-4-5-7-14-11/h4-7,9H,3,8H2,1-2H3,(H,15,16,17). The summed E-state index contributed by atoms with van der Waals surface area (Å²) in [6.45, 7) is 5.09. The molecule has 2 aromatic rings. The molecule has 0 radical (unpaired) electrons. The Labute approximate surface area is 106 Å². The summed E-state index contributed by atoms with van der Waals surface area (Å²) in [5.74, 6) is 1.40. The molecule has 0 aromatic carbocycles. The quantitative estimate of drug-likeness (QED) is 0.873. The van der Waals surface area contributed by atoms with Crippen molar-refractivity contribution in [3.63, 3.8) is 0 Å².